The van der Waals surface area contributed by atoms with Crippen molar-refractivity contribution in [1.82, 2.24) is 4.90 Å². The van der Waals surface area contributed by atoms with E-state index in [2.05, 4.69) is 5.92 Å². The molecule has 0 aliphatic carbocycles. The van der Waals surface area contributed by atoms with Gasteiger partial charge in [-0.25, -0.2) is 4.79 Å². The summed E-state index contributed by atoms with van der Waals surface area (Å²) < 4.78 is 11.4. The molecule has 1 aliphatic rings. The van der Waals surface area contributed by atoms with Crippen LogP contribution in [-0.4, -0.2) is 36.3 Å². The van der Waals surface area contributed by atoms with Gasteiger partial charge in [0.1, 0.15) is 11.4 Å². The van der Waals surface area contributed by atoms with Crippen molar-refractivity contribution in [3.63, 3.8) is 0 Å². The zero-order valence-corrected chi connectivity index (χ0v) is 15.1. The molecular weight excluding hydrogens is 302 g/mol. The summed E-state index contributed by atoms with van der Waals surface area (Å²) in [6, 6.07) is 5.75. The minimum Gasteiger partial charge on any atom is -0.493 e. The summed E-state index contributed by atoms with van der Waals surface area (Å²) in [6.07, 6.45) is 7.20. The van der Waals surface area contributed by atoms with Gasteiger partial charge in [0.15, 0.2) is 0 Å². The third-order valence-electron chi connectivity index (χ3n) is 3.99. The predicted molar refractivity (Wildman–Crippen MR) is 95.1 cm³/mol. The van der Waals surface area contributed by atoms with E-state index in [1.807, 2.05) is 45.9 Å². The number of aryl methyl sites for hydroxylation is 1. The van der Waals surface area contributed by atoms with E-state index in [4.69, 9.17) is 15.9 Å². The molecule has 1 saturated heterocycles. The number of benzene rings is 1. The summed E-state index contributed by atoms with van der Waals surface area (Å²) in [7, 11) is 0. The molecule has 4 nitrogen and oxygen atoms in total. The zero-order chi connectivity index (χ0) is 17.7. The standard InChI is InChI=1S/C20H27NO3/c1-6-16-9-10-18(15(2)12-16)23-14-17-8-7-11-21(13-17)19(22)24-20(3,4)5/h1,9-10,12,17H,7-8,11,13-14H2,2-5H3. The molecule has 0 bridgehead atoms. The number of carbonyl (C=O) groups excluding carboxylic acids is 1. The lowest BCUT2D eigenvalue weighted by Gasteiger charge is -2.34. The second kappa shape index (κ2) is 7.61. The first kappa shape index (κ1) is 18.2. The average molecular weight is 329 g/mol. The highest BCUT2D eigenvalue weighted by atomic mass is 16.6. The van der Waals surface area contributed by atoms with Crippen LogP contribution in [0.2, 0.25) is 0 Å². The Morgan fingerprint density at radius 3 is 2.79 bits per heavy atom. The molecule has 1 amide bonds. The van der Waals surface area contributed by atoms with E-state index in [0.29, 0.717) is 19.1 Å². The Morgan fingerprint density at radius 1 is 1.42 bits per heavy atom. The van der Waals surface area contributed by atoms with E-state index in [1.165, 1.54) is 0 Å². The third kappa shape index (κ3) is 5.19. The Morgan fingerprint density at radius 2 is 2.17 bits per heavy atom. The van der Waals surface area contributed by atoms with Crippen LogP contribution in [0.4, 0.5) is 4.79 Å². The Labute approximate surface area is 145 Å². The van der Waals surface area contributed by atoms with E-state index >= 15 is 0 Å². The lowest BCUT2D eigenvalue weighted by Crippen LogP contribution is -2.44. The normalized spacial score (nSPS) is 18.0. The SMILES string of the molecule is C#Cc1ccc(OCC2CCCN(C(=O)OC(C)(C)C)C2)c(C)c1. The van der Waals surface area contributed by atoms with Gasteiger partial charge in [0.2, 0.25) is 0 Å². The van der Waals surface area contributed by atoms with Gasteiger partial charge in [-0.15, -0.1) is 6.42 Å². The molecular formula is C20H27NO3. The smallest absolute Gasteiger partial charge is 0.410 e. The third-order valence-corrected chi connectivity index (χ3v) is 3.99. The van der Waals surface area contributed by atoms with Crippen LogP contribution in [0.1, 0.15) is 44.7 Å². The monoisotopic (exact) mass is 329 g/mol. The Balaban J connectivity index is 1.89. The summed E-state index contributed by atoms with van der Waals surface area (Å²) >= 11 is 0. The van der Waals surface area contributed by atoms with Gasteiger partial charge < -0.3 is 14.4 Å². The van der Waals surface area contributed by atoms with Crippen molar-refractivity contribution >= 4 is 6.09 Å². The molecule has 1 aromatic carbocycles. The second-order valence-corrected chi connectivity index (χ2v) is 7.37. The van der Waals surface area contributed by atoms with Crippen LogP contribution in [0.5, 0.6) is 5.75 Å². The molecule has 4 heteroatoms. The minimum atomic E-state index is -0.462. The number of rotatable bonds is 3. The predicted octanol–water partition coefficient (Wildman–Crippen LogP) is 4.00. The van der Waals surface area contributed by atoms with Crippen LogP contribution in [-0.2, 0) is 4.74 Å². The van der Waals surface area contributed by atoms with Crippen molar-refractivity contribution in [2.45, 2.75) is 46.1 Å². The molecule has 130 valence electrons. The molecule has 0 spiro atoms. The van der Waals surface area contributed by atoms with Crippen LogP contribution in [0.25, 0.3) is 0 Å². The maximum absolute atomic E-state index is 12.2. The van der Waals surface area contributed by atoms with Crippen molar-refractivity contribution in [2.75, 3.05) is 19.7 Å². The molecule has 1 unspecified atom stereocenters. The van der Waals surface area contributed by atoms with Gasteiger partial charge in [-0.2, -0.15) is 0 Å². The number of likely N-dealkylation sites (tertiary alicyclic amines) is 1. The first-order valence-electron chi connectivity index (χ1n) is 8.46. The number of hydrogen-bond acceptors (Lipinski definition) is 3. The highest BCUT2D eigenvalue weighted by Crippen LogP contribution is 2.23. The lowest BCUT2D eigenvalue weighted by atomic mass is 9.99. The maximum atomic E-state index is 12.2. The van der Waals surface area contributed by atoms with Gasteiger partial charge >= 0.3 is 6.09 Å². The van der Waals surface area contributed by atoms with Gasteiger partial charge in [0.05, 0.1) is 6.61 Å². The van der Waals surface area contributed by atoms with E-state index < -0.39 is 5.60 Å². The van der Waals surface area contributed by atoms with Gasteiger partial charge in [-0.3, -0.25) is 0 Å². The number of piperidine rings is 1. The van der Waals surface area contributed by atoms with E-state index in [0.717, 1.165) is 36.3 Å². The number of ether oxygens (including phenoxy) is 2. The number of carbonyl (C=O) groups is 1. The van der Waals surface area contributed by atoms with Crippen LogP contribution in [0.15, 0.2) is 18.2 Å². The number of hydrogen-bond donors (Lipinski definition) is 0. The van der Waals surface area contributed by atoms with Crippen molar-refractivity contribution in [2.24, 2.45) is 5.92 Å². The molecule has 24 heavy (non-hydrogen) atoms. The summed E-state index contributed by atoms with van der Waals surface area (Å²) in [5, 5.41) is 0. The molecule has 1 aliphatic heterocycles. The fourth-order valence-corrected chi connectivity index (χ4v) is 2.80. The Bertz CT molecular complexity index is 625. The van der Waals surface area contributed by atoms with E-state index in [1.54, 1.807) is 4.90 Å². The molecule has 1 fully saturated rings. The molecule has 0 radical (unpaired) electrons. The van der Waals surface area contributed by atoms with Crippen molar-refractivity contribution in [3.05, 3.63) is 29.3 Å². The number of nitrogens with zero attached hydrogens (tertiary/aromatic N) is 1. The first-order chi connectivity index (χ1) is 11.3. The topological polar surface area (TPSA) is 38.8 Å². The number of amides is 1. The average Bonchev–Trinajstić information content (AvgIpc) is 2.52. The van der Waals surface area contributed by atoms with Crippen molar-refractivity contribution in [1.29, 1.82) is 0 Å². The van der Waals surface area contributed by atoms with Crippen molar-refractivity contribution < 1.29 is 14.3 Å². The largest absolute Gasteiger partial charge is 0.493 e. The fourth-order valence-electron chi connectivity index (χ4n) is 2.80. The molecule has 0 N–H and O–H groups in total. The summed E-state index contributed by atoms with van der Waals surface area (Å²) in [6.45, 7) is 9.67. The molecule has 0 aromatic heterocycles. The van der Waals surface area contributed by atoms with Crippen LogP contribution in [0, 0.1) is 25.2 Å². The van der Waals surface area contributed by atoms with Gasteiger partial charge in [0, 0.05) is 24.6 Å². The Kier molecular flexibility index (Phi) is 5.77. The Hall–Kier alpha value is -2.15. The summed E-state index contributed by atoms with van der Waals surface area (Å²) in [4.78, 5) is 14.0. The van der Waals surface area contributed by atoms with Gasteiger partial charge in [-0.1, -0.05) is 5.92 Å². The van der Waals surface area contributed by atoms with Crippen LogP contribution >= 0.6 is 0 Å². The van der Waals surface area contributed by atoms with Gasteiger partial charge in [-0.05, 0) is 64.3 Å². The highest BCUT2D eigenvalue weighted by Gasteiger charge is 2.27. The zero-order valence-electron chi connectivity index (χ0n) is 15.1. The molecule has 1 atom stereocenters. The quantitative estimate of drug-likeness (QED) is 0.787. The molecule has 2 rings (SSSR count). The summed E-state index contributed by atoms with van der Waals surface area (Å²) in [5.41, 5.74) is 1.43. The van der Waals surface area contributed by atoms with E-state index in [-0.39, 0.29) is 6.09 Å². The van der Waals surface area contributed by atoms with Crippen LogP contribution in [0.3, 0.4) is 0 Å². The second-order valence-electron chi connectivity index (χ2n) is 7.37. The maximum Gasteiger partial charge on any atom is 0.410 e. The fraction of sp³-hybridized carbons (Fsp3) is 0.550. The lowest BCUT2D eigenvalue weighted by molar-refractivity contribution is 0.0139. The first-order valence-corrected chi connectivity index (χ1v) is 8.46. The van der Waals surface area contributed by atoms with Gasteiger partial charge in [0.25, 0.3) is 0 Å². The molecule has 1 aromatic rings. The number of terminal acetylenes is 1. The van der Waals surface area contributed by atoms with Crippen LogP contribution < -0.4 is 4.74 Å². The minimum absolute atomic E-state index is 0.234. The molecule has 0 saturated carbocycles. The highest BCUT2D eigenvalue weighted by molar-refractivity contribution is 5.68. The molecule has 1 heterocycles. The van der Waals surface area contributed by atoms with E-state index in [9.17, 15) is 4.79 Å². The van der Waals surface area contributed by atoms with Crippen molar-refractivity contribution in [3.8, 4) is 18.1 Å². The summed E-state index contributed by atoms with van der Waals surface area (Å²) in [5.74, 6) is 3.79.